The fourth-order valence-electron chi connectivity index (χ4n) is 10.2. The van der Waals surface area contributed by atoms with Gasteiger partial charge in [0.15, 0.2) is 17.9 Å². The number of hydrogen-bond acceptors (Lipinski definition) is 10. The number of aliphatic hydroxyl groups excluding tert-OH is 4. The zero-order chi connectivity index (χ0) is 31.1. The largest absolute Gasteiger partial charge is 0.394 e. The van der Waals surface area contributed by atoms with Gasteiger partial charge in [0, 0.05) is 36.5 Å². The summed E-state index contributed by atoms with van der Waals surface area (Å²) in [5.74, 6) is -0.339. The summed E-state index contributed by atoms with van der Waals surface area (Å²) < 4.78 is 17.6. The van der Waals surface area contributed by atoms with Crippen molar-refractivity contribution >= 4 is 11.6 Å². The van der Waals surface area contributed by atoms with Crippen LogP contribution in [0.25, 0.3) is 0 Å². The van der Waals surface area contributed by atoms with E-state index in [1.165, 1.54) is 5.57 Å². The van der Waals surface area contributed by atoms with E-state index in [4.69, 9.17) is 14.2 Å². The number of Topliss-reactive ketones (excluding diaryl/α,β-unsaturated/α-hetero) is 1. The molecule has 5 N–H and O–H groups in total. The van der Waals surface area contributed by atoms with E-state index in [1.807, 2.05) is 19.9 Å². The van der Waals surface area contributed by atoms with Crippen LogP contribution in [0, 0.1) is 46.3 Å². The Balaban J connectivity index is 1.09. The van der Waals surface area contributed by atoms with Crippen molar-refractivity contribution in [1.82, 2.24) is 0 Å². The summed E-state index contributed by atoms with van der Waals surface area (Å²) >= 11 is 0. The molecule has 5 fully saturated rings. The third-order valence-corrected chi connectivity index (χ3v) is 12.9. The van der Waals surface area contributed by atoms with E-state index in [2.05, 4.69) is 13.8 Å². The Morgan fingerprint density at radius 3 is 2.56 bits per heavy atom. The van der Waals surface area contributed by atoms with Gasteiger partial charge in [-0.2, -0.15) is 0 Å². The van der Waals surface area contributed by atoms with E-state index in [0.717, 1.165) is 25.7 Å². The molecule has 15 atom stereocenters. The highest BCUT2D eigenvalue weighted by atomic mass is 16.7. The van der Waals surface area contributed by atoms with Gasteiger partial charge in [-0.25, -0.2) is 0 Å². The van der Waals surface area contributed by atoms with Crippen molar-refractivity contribution in [2.45, 2.75) is 122 Å². The lowest BCUT2D eigenvalue weighted by Gasteiger charge is -2.57. The molecule has 2 heterocycles. The first kappa shape index (κ1) is 31.7. The van der Waals surface area contributed by atoms with Gasteiger partial charge in [0.1, 0.15) is 30.2 Å². The SMILES string of the molecule is C[C@@H](CC[C@]1(O)O[C@H]2C[C@H]3[C@@H]4CCC5=CC(=O)CC[C@]5(C)[C@H]4CC(=O)[C@]3(C)[C@H]2[C@@H]1C)CO[C@@H]1O[C@H](CO)[C@@H](O)[C@H](O)[C@H]1O. The minimum absolute atomic E-state index is 0.0550. The van der Waals surface area contributed by atoms with E-state index in [1.54, 1.807) is 0 Å². The molecule has 3 saturated carbocycles. The first-order chi connectivity index (χ1) is 20.2. The predicted molar refractivity (Wildman–Crippen MR) is 153 cm³/mol. The molecule has 2 aliphatic heterocycles. The summed E-state index contributed by atoms with van der Waals surface area (Å²) in [5.41, 5.74) is 0.602. The van der Waals surface area contributed by atoms with Gasteiger partial charge >= 0.3 is 0 Å². The Kier molecular flexibility index (Phi) is 8.28. The van der Waals surface area contributed by atoms with Gasteiger partial charge in [0.2, 0.25) is 0 Å². The topological polar surface area (TPSA) is 163 Å². The maximum Gasteiger partial charge on any atom is 0.186 e. The Hall–Kier alpha value is -1.24. The number of fused-ring (bicyclic) bond motifs is 7. The molecule has 242 valence electrons. The fourth-order valence-corrected chi connectivity index (χ4v) is 10.2. The third kappa shape index (κ3) is 4.90. The number of carbonyl (C=O) groups is 2. The van der Waals surface area contributed by atoms with Crippen LogP contribution in [0.1, 0.15) is 79.1 Å². The monoisotopic (exact) mass is 606 g/mol. The molecule has 10 nitrogen and oxygen atoms in total. The van der Waals surface area contributed by atoms with E-state index >= 15 is 0 Å². The van der Waals surface area contributed by atoms with Crippen LogP contribution in [-0.4, -0.2) is 92.9 Å². The summed E-state index contributed by atoms with van der Waals surface area (Å²) in [6, 6.07) is 0. The molecular weight excluding hydrogens is 556 g/mol. The van der Waals surface area contributed by atoms with Crippen molar-refractivity contribution in [3.8, 4) is 0 Å². The van der Waals surface area contributed by atoms with Crippen LogP contribution in [0.3, 0.4) is 0 Å². The molecule has 4 aliphatic carbocycles. The van der Waals surface area contributed by atoms with E-state index in [0.29, 0.717) is 31.6 Å². The highest BCUT2D eigenvalue weighted by molar-refractivity contribution is 5.92. The van der Waals surface area contributed by atoms with Gasteiger partial charge in [-0.1, -0.05) is 33.3 Å². The number of carbonyl (C=O) groups excluding carboxylic acids is 2. The van der Waals surface area contributed by atoms with Crippen molar-refractivity contribution < 1.29 is 49.3 Å². The predicted octanol–water partition coefficient (Wildman–Crippen LogP) is 1.88. The molecule has 10 heteroatoms. The molecule has 2 saturated heterocycles. The number of rotatable bonds is 7. The summed E-state index contributed by atoms with van der Waals surface area (Å²) in [7, 11) is 0. The molecule has 43 heavy (non-hydrogen) atoms. The lowest BCUT2D eigenvalue weighted by Crippen LogP contribution is -2.59. The van der Waals surface area contributed by atoms with Crippen molar-refractivity contribution in [1.29, 1.82) is 0 Å². The van der Waals surface area contributed by atoms with Gasteiger partial charge in [0.05, 0.1) is 19.3 Å². The lowest BCUT2D eigenvalue weighted by molar-refractivity contribution is -0.303. The van der Waals surface area contributed by atoms with Crippen molar-refractivity contribution in [2.75, 3.05) is 13.2 Å². The van der Waals surface area contributed by atoms with Crippen LogP contribution >= 0.6 is 0 Å². The Bertz CT molecular complexity index is 1140. The second kappa shape index (κ2) is 11.2. The first-order valence-corrected chi connectivity index (χ1v) is 16.3. The van der Waals surface area contributed by atoms with Gasteiger partial charge in [-0.05, 0) is 67.3 Å². The van der Waals surface area contributed by atoms with E-state index < -0.39 is 48.5 Å². The Morgan fingerprint density at radius 1 is 1.09 bits per heavy atom. The molecule has 0 spiro atoms. The second-order valence-corrected chi connectivity index (χ2v) is 15.1. The molecule has 0 amide bonds. The molecule has 0 radical (unpaired) electrons. The average molecular weight is 607 g/mol. The van der Waals surface area contributed by atoms with Crippen molar-refractivity contribution in [2.24, 2.45) is 46.3 Å². The molecule has 0 aromatic rings. The summed E-state index contributed by atoms with van der Waals surface area (Å²) in [5, 5.41) is 51.4. The van der Waals surface area contributed by atoms with Crippen LogP contribution in [-0.2, 0) is 23.8 Å². The van der Waals surface area contributed by atoms with E-state index in [9.17, 15) is 35.1 Å². The Morgan fingerprint density at radius 2 is 1.84 bits per heavy atom. The van der Waals surface area contributed by atoms with Gasteiger partial charge in [0.25, 0.3) is 0 Å². The minimum Gasteiger partial charge on any atom is -0.394 e. The second-order valence-electron chi connectivity index (χ2n) is 15.1. The molecule has 0 unspecified atom stereocenters. The normalized spacial score (nSPS) is 51.7. The molecule has 0 aromatic heterocycles. The molecular formula is C33H50O10. The van der Waals surface area contributed by atoms with Crippen LogP contribution in [0.4, 0.5) is 0 Å². The average Bonchev–Trinajstić information content (AvgIpc) is 3.41. The third-order valence-electron chi connectivity index (χ3n) is 12.9. The number of allylic oxidation sites excluding steroid dienone is 1. The maximum absolute atomic E-state index is 14.1. The number of hydrogen-bond donors (Lipinski definition) is 5. The number of ether oxygens (including phenoxy) is 3. The lowest BCUT2D eigenvalue weighted by atomic mass is 9.46. The van der Waals surface area contributed by atoms with Crippen molar-refractivity contribution in [3.63, 3.8) is 0 Å². The number of ketones is 2. The quantitative estimate of drug-likeness (QED) is 0.289. The van der Waals surface area contributed by atoms with Gasteiger partial charge < -0.3 is 39.7 Å². The van der Waals surface area contributed by atoms with Crippen LogP contribution < -0.4 is 0 Å². The highest BCUT2D eigenvalue weighted by Gasteiger charge is 2.70. The fraction of sp³-hybridized carbons (Fsp3) is 0.879. The summed E-state index contributed by atoms with van der Waals surface area (Å²) in [6.45, 7) is 8.01. The van der Waals surface area contributed by atoms with Crippen LogP contribution in [0.2, 0.25) is 0 Å². The smallest absolute Gasteiger partial charge is 0.186 e. The Labute approximate surface area is 253 Å². The van der Waals surface area contributed by atoms with Crippen LogP contribution in [0.15, 0.2) is 11.6 Å². The zero-order valence-electron chi connectivity index (χ0n) is 25.9. The number of aliphatic hydroxyl groups is 5. The first-order valence-electron chi connectivity index (χ1n) is 16.3. The summed E-state index contributed by atoms with van der Waals surface area (Å²) in [4.78, 5) is 26.3. The van der Waals surface area contributed by atoms with Gasteiger partial charge in [-0.3, -0.25) is 9.59 Å². The molecule has 6 aliphatic rings. The molecule has 0 aromatic carbocycles. The molecule has 6 rings (SSSR count). The minimum atomic E-state index is -1.50. The van der Waals surface area contributed by atoms with Gasteiger partial charge in [-0.15, -0.1) is 0 Å². The molecule has 0 bridgehead atoms. The zero-order valence-corrected chi connectivity index (χ0v) is 25.9. The van der Waals surface area contributed by atoms with Crippen molar-refractivity contribution in [3.05, 3.63) is 11.6 Å². The highest BCUT2D eigenvalue weighted by Crippen LogP contribution is 2.69. The summed E-state index contributed by atoms with van der Waals surface area (Å²) in [6.07, 6.45) is 0.584. The standard InChI is InChI=1S/C33H50O10/c1-16(15-41-30-29(39)28(38)27(37)24(14-34)42-30)7-10-33(40)17(2)26-23(43-33)12-22-20-6-5-18-11-19(35)8-9-31(18,3)21(20)13-25(36)32(22,26)4/h11,16-17,20-24,26-30,34,37-40H,5-10,12-15H2,1-4H3/t16-,17-,20+,21-,22-,23-,24+,26-,27+,28-,29+,30+,31-,32+,33-/m0/s1. The van der Waals surface area contributed by atoms with E-state index in [-0.39, 0.29) is 59.3 Å². The maximum atomic E-state index is 14.1. The van der Waals surface area contributed by atoms with Crippen LogP contribution in [0.5, 0.6) is 0 Å².